The number of rotatable bonds is 10. The summed E-state index contributed by atoms with van der Waals surface area (Å²) in [6.07, 6.45) is 8.85. The van der Waals surface area contributed by atoms with Gasteiger partial charge < -0.3 is 20.4 Å². The molecule has 4 fully saturated rings. The van der Waals surface area contributed by atoms with Crippen molar-refractivity contribution in [1.29, 1.82) is 0 Å². The summed E-state index contributed by atoms with van der Waals surface area (Å²) in [6.45, 7) is 4.60. The molecule has 0 radical (unpaired) electrons. The molecule has 2 amide bonds. The maximum Gasteiger partial charge on any atom is 0.243 e. The number of H-pyrrole nitrogens is 1. The first-order valence-corrected chi connectivity index (χ1v) is 15.4. The maximum atomic E-state index is 14.1. The Morgan fingerprint density at radius 3 is 2.68 bits per heavy atom. The Balaban J connectivity index is 1.15. The molecule has 5 aliphatic rings. The molecule has 3 N–H and O–H groups in total. The molecule has 3 atom stereocenters. The predicted molar refractivity (Wildman–Crippen MR) is 159 cm³/mol. The number of carbonyl (C=O) groups is 2. The van der Waals surface area contributed by atoms with Crippen molar-refractivity contribution >= 4 is 22.8 Å². The van der Waals surface area contributed by atoms with Crippen LogP contribution in [0.4, 0.5) is 0 Å². The molecular formula is C34H42N4O3. The number of imidazole rings is 1. The molecule has 7 heteroatoms. The van der Waals surface area contributed by atoms with Gasteiger partial charge in [-0.3, -0.25) is 9.59 Å². The second-order valence-corrected chi connectivity index (χ2v) is 13.7. The number of benzene rings is 2. The largest absolute Gasteiger partial charge is 0.383 e. The molecule has 1 heterocycles. The summed E-state index contributed by atoms with van der Waals surface area (Å²) >= 11 is 0. The molecule has 3 aromatic rings. The zero-order valence-electron chi connectivity index (χ0n) is 24.5. The fraction of sp³-hybridized carbons (Fsp3) is 0.559. The van der Waals surface area contributed by atoms with Crippen molar-refractivity contribution < 1.29 is 14.3 Å². The lowest BCUT2D eigenvalue weighted by Gasteiger charge is -2.45. The second-order valence-electron chi connectivity index (χ2n) is 13.7. The summed E-state index contributed by atoms with van der Waals surface area (Å²) in [7, 11) is 1.62. The Bertz CT molecular complexity index is 1500. The molecule has 1 aromatic heterocycles. The van der Waals surface area contributed by atoms with Gasteiger partial charge in [0.1, 0.15) is 11.9 Å². The minimum absolute atomic E-state index is 0.0726. The standard InChI is InChI=1S/C34H42N4O3/c1-4-35-30(39)29(34-12-11-21(17-34)18-34)38-31(40)32(2,20-41-3)23-9-10-26-27(15-23)37-28(36-26)16-25-24-8-6-5-7-22(24)19-33(25)13-14-33/h5-10,15,21,25,29H,4,11-14,16-20H2,1-3H3,(H,35,39)(H,36,37)(H,38,40)/t21?,25-,29-,32?,34?/m0/s1. The molecule has 8 rings (SSSR count). The average molecular weight is 555 g/mol. The lowest BCUT2D eigenvalue weighted by molar-refractivity contribution is -0.137. The quantitative estimate of drug-likeness (QED) is 0.331. The molecule has 0 aliphatic heterocycles. The molecule has 2 aromatic carbocycles. The third-order valence-electron chi connectivity index (χ3n) is 11.0. The third-order valence-corrected chi connectivity index (χ3v) is 11.0. The zero-order chi connectivity index (χ0) is 28.4. The fourth-order valence-electron chi connectivity index (χ4n) is 8.58. The Morgan fingerprint density at radius 1 is 1.17 bits per heavy atom. The minimum atomic E-state index is -0.959. The van der Waals surface area contributed by atoms with E-state index in [-0.39, 0.29) is 23.8 Å². The van der Waals surface area contributed by atoms with Crippen LogP contribution >= 0.6 is 0 Å². The van der Waals surface area contributed by atoms with Crippen molar-refractivity contribution in [2.24, 2.45) is 16.7 Å². The zero-order valence-corrected chi connectivity index (χ0v) is 24.5. The van der Waals surface area contributed by atoms with Gasteiger partial charge in [0.05, 0.1) is 23.1 Å². The fourth-order valence-corrected chi connectivity index (χ4v) is 8.58. The van der Waals surface area contributed by atoms with Crippen LogP contribution in [0.2, 0.25) is 0 Å². The number of ether oxygens (including phenoxy) is 1. The van der Waals surface area contributed by atoms with Crippen LogP contribution in [0.25, 0.3) is 11.0 Å². The number of likely N-dealkylation sites (N-methyl/N-ethyl adjacent to an activating group) is 1. The molecule has 1 spiro atoms. The van der Waals surface area contributed by atoms with Gasteiger partial charge in [-0.15, -0.1) is 0 Å². The van der Waals surface area contributed by atoms with Crippen molar-refractivity contribution in [2.45, 2.75) is 82.6 Å². The van der Waals surface area contributed by atoms with Gasteiger partial charge in [-0.05, 0) is 105 Å². The number of aromatic nitrogens is 2. The van der Waals surface area contributed by atoms with Crippen LogP contribution in [0.1, 0.15) is 80.8 Å². The number of nitrogens with one attached hydrogen (secondary N) is 3. The Hall–Kier alpha value is -3.19. The van der Waals surface area contributed by atoms with Crippen LogP contribution in [-0.4, -0.2) is 48.1 Å². The first-order valence-electron chi connectivity index (χ1n) is 15.4. The Labute approximate surface area is 242 Å². The van der Waals surface area contributed by atoms with E-state index in [1.807, 2.05) is 32.0 Å². The van der Waals surface area contributed by atoms with E-state index in [1.165, 1.54) is 30.4 Å². The van der Waals surface area contributed by atoms with E-state index in [2.05, 4.69) is 39.9 Å². The molecule has 1 unspecified atom stereocenters. The van der Waals surface area contributed by atoms with Gasteiger partial charge in [-0.1, -0.05) is 30.3 Å². The molecule has 41 heavy (non-hydrogen) atoms. The molecule has 5 aliphatic carbocycles. The highest BCUT2D eigenvalue weighted by molar-refractivity contribution is 5.94. The SMILES string of the molecule is CCNC(=O)[C@H](NC(=O)C(C)(COC)c1ccc2nc(C[C@H]3c4ccccc4CC34CC4)[nH]c2c1)C12CCC(C1)C2. The van der Waals surface area contributed by atoms with E-state index >= 15 is 0 Å². The van der Waals surface area contributed by atoms with Gasteiger partial charge in [0.2, 0.25) is 11.8 Å². The van der Waals surface area contributed by atoms with Crippen molar-refractivity contribution in [2.75, 3.05) is 20.3 Å². The van der Waals surface area contributed by atoms with Gasteiger partial charge in [0.25, 0.3) is 0 Å². The van der Waals surface area contributed by atoms with E-state index in [0.717, 1.165) is 54.5 Å². The molecule has 2 bridgehead atoms. The highest BCUT2D eigenvalue weighted by atomic mass is 16.5. The van der Waals surface area contributed by atoms with Crippen molar-refractivity contribution in [3.63, 3.8) is 0 Å². The Morgan fingerprint density at radius 2 is 1.98 bits per heavy atom. The summed E-state index contributed by atoms with van der Waals surface area (Å²) in [5, 5.41) is 6.19. The van der Waals surface area contributed by atoms with Crippen LogP contribution in [0, 0.1) is 16.7 Å². The summed E-state index contributed by atoms with van der Waals surface area (Å²) in [5.41, 5.74) is 5.00. The topological polar surface area (TPSA) is 96.1 Å². The average Bonchev–Trinajstić information content (AvgIpc) is 3.28. The molecule has 7 nitrogen and oxygen atoms in total. The van der Waals surface area contributed by atoms with Gasteiger partial charge in [-0.25, -0.2) is 4.98 Å². The minimum Gasteiger partial charge on any atom is -0.383 e. The van der Waals surface area contributed by atoms with Crippen LogP contribution < -0.4 is 10.6 Å². The monoisotopic (exact) mass is 554 g/mol. The van der Waals surface area contributed by atoms with Crippen LogP contribution in [0.5, 0.6) is 0 Å². The number of fused-ring (bicyclic) bond motifs is 3. The summed E-state index contributed by atoms with van der Waals surface area (Å²) in [5.74, 6) is 1.95. The van der Waals surface area contributed by atoms with Crippen LogP contribution in [0.15, 0.2) is 42.5 Å². The van der Waals surface area contributed by atoms with Crippen LogP contribution in [-0.2, 0) is 32.6 Å². The lowest BCUT2D eigenvalue weighted by Crippen LogP contribution is -2.61. The van der Waals surface area contributed by atoms with Crippen LogP contribution in [0.3, 0.4) is 0 Å². The van der Waals surface area contributed by atoms with Crippen molar-refractivity contribution in [1.82, 2.24) is 20.6 Å². The second kappa shape index (κ2) is 9.69. The number of carbonyl (C=O) groups excluding carboxylic acids is 2. The third kappa shape index (κ3) is 4.30. The molecular weight excluding hydrogens is 512 g/mol. The molecule has 4 saturated carbocycles. The normalized spacial score (nSPS) is 27.2. The summed E-state index contributed by atoms with van der Waals surface area (Å²) in [4.78, 5) is 35.8. The Kier molecular flexibility index (Phi) is 6.31. The number of methoxy groups -OCH3 is 1. The number of aromatic amines is 1. The van der Waals surface area contributed by atoms with E-state index in [4.69, 9.17) is 9.72 Å². The van der Waals surface area contributed by atoms with E-state index < -0.39 is 11.5 Å². The first-order chi connectivity index (χ1) is 19.8. The number of nitrogens with zero attached hydrogens (tertiary/aromatic N) is 1. The van der Waals surface area contributed by atoms with E-state index in [1.54, 1.807) is 7.11 Å². The summed E-state index contributed by atoms with van der Waals surface area (Å²) < 4.78 is 5.61. The maximum absolute atomic E-state index is 14.1. The van der Waals surface area contributed by atoms with Crippen molar-refractivity contribution in [3.05, 3.63) is 65.0 Å². The smallest absolute Gasteiger partial charge is 0.243 e. The number of amides is 2. The highest BCUT2D eigenvalue weighted by Gasteiger charge is 2.58. The van der Waals surface area contributed by atoms with Gasteiger partial charge in [0, 0.05) is 25.5 Å². The lowest BCUT2D eigenvalue weighted by atomic mass is 9.64. The van der Waals surface area contributed by atoms with E-state index in [0.29, 0.717) is 23.8 Å². The number of hydrogen-bond acceptors (Lipinski definition) is 4. The highest BCUT2D eigenvalue weighted by Crippen LogP contribution is 2.64. The number of hydrogen-bond donors (Lipinski definition) is 3. The summed E-state index contributed by atoms with van der Waals surface area (Å²) in [6, 6.07) is 14.4. The van der Waals surface area contributed by atoms with Gasteiger partial charge in [-0.2, -0.15) is 0 Å². The molecule has 0 saturated heterocycles. The first kappa shape index (κ1) is 26.7. The molecule has 216 valence electrons. The van der Waals surface area contributed by atoms with Crippen molar-refractivity contribution in [3.8, 4) is 0 Å². The van der Waals surface area contributed by atoms with E-state index in [9.17, 15) is 9.59 Å². The predicted octanol–water partition coefficient (Wildman–Crippen LogP) is 4.94. The van der Waals surface area contributed by atoms with Gasteiger partial charge >= 0.3 is 0 Å². The van der Waals surface area contributed by atoms with Gasteiger partial charge in [0.15, 0.2) is 0 Å².